The van der Waals surface area contributed by atoms with Crippen LogP contribution in [0.3, 0.4) is 0 Å². The van der Waals surface area contributed by atoms with Crippen molar-refractivity contribution in [2.45, 2.75) is 11.4 Å². The van der Waals surface area contributed by atoms with E-state index in [4.69, 9.17) is 14.3 Å². The van der Waals surface area contributed by atoms with Crippen LogP contribution in [0, 0.1) is 0 Å². The highest BCUT2D eigenvalue weighted by atomic mass is 32.2. The third kappa shape index (κ3) is 5.45. The zero-order valence-corrected chi connectivity index (χ0v) is 18.5. The molecule has 0 unspecified atom stereocenters. The molecule has 2 aromatic carbocycles. The number of aromatic carboxylic acids is 1. The number of nitrogens with zero attached hydrogens (tertiary/aromatic N) is 2. The van der Waals surface area contributed by atoms with Gasteiger partial charge in [-0.25, -0.2) is 10.2 Å². The van der Waals surface area contributed by atoms with E-state index < -0.39 is 5.97 Å². The van der Waals surface area contributed by atoms with E-state index in [0.29, 0.717) is 12.3 Å². The van der Waals surface area contributed by atoms with E-state index in [9.17, 15) is 9.59 Å². The number of rotatable bonds is 9. The number of thioether (sulfide) groups is 1. The summed E-state index contributed by atoms with van der Waals surface area (Å²) in [6, 6.07) is 18.3. The standard InChI is InChI=1S/C24H21N3O5S/c1-31-17-6-9-19(10-7-17)33-15-23(28)26-25-12-16-13-27(21-5-3-2-4-20(16)21)14-18-8-11-22(32-18)24(29)30/h2-13H,14-15H2,1H3,(H,26,28)(H,29,30)/b25-12+. The van der Waals surface area contributed by atoms with Gasteiger partial charge in [-0.05, 0) is 42.5 Å². The fourth-order valence-electron chi connectivity index (χ4n) is 3.28. The van der Waals surface area contributed by atoms with E-state index >= 15 is 0 Å². The number of benzene rings is 2. The van der Waals surface area contributed by atoms with Crippen molar-refractivity contribution in [1.29, 1.82) is 0 Å². The molecular weight excluding hydrogens is 442 g/mol. The van der Waals surface area contributed by atoms with Crippen LogP contribution in [0.1, 0.15) is 21.9 Å². The number of aromatic nitrogens is 1. The summed E-state index contributed by atoms with van der Waals surface area (Å²) in [6.07, 6.45) is 3.48. The molecule has 0 atom stereocenters. The average Bonchev–Trinajstić information content (AvgIpc) is 3.44. The molecule has 2 N–H and O–H groups in total. The number of carbonyl (C=O) groups is 2. The predicted molar refractivity (Wildman–Crippen MR) is 126 cm³/mol. The highest BCUT2D eigenvalue weighted by molar-refractivity contribution is 8.00. The molecule has 0 aliphatic rings. The summed E-state index contributed by atoms with van der Waals surface area (Å²) in [7, 11) is 1.61. The van der Waals surface area contributed by atoms with Gasteiger partial charge in [0.25, 0.3) is 0 Å². The van der Waals surface area contributed by atoms with Crippen LogP contribution in [-0.2, 0) is 11.3 Å². The highest BCUT2D eigenvalue weighted by Gasteiger charge is 2.12. The van der Waals surface area contributed by atoms with Gasteiger partial charge in [0.05, 0.1) is 25.6 Å². The molecule has 4 rings (SSSR count). The van der Waals surface area contributed by atoms with Gasteiger partial charge in [0.1, 0.15) is 11.5 Å². The first kappa shape index (κ1) is 22.2. The molecule has 0 spiro atoms. The molecular formula is C24H21N3O5S. The quantitative estimate of drug-likeness (QED) is 0.219. The maximum Gasteiger partial charge on any atom is 0.371 e. The molecule has 1 amide bonds. The van der Waals surface area contributed by atoms with Crippen molar-refractivity contribution < 1.29 is 23.8 Å². The number of hydrazone groups is 1. The van der Waals surface area contributed by atoms with Crippen LogP contribution in [-0.4, -0.2) is 40.6 Å². The van der Waals surface area contributed by atoms with Crippen LogP contribution in [0.5, 0.6) is 5.75 Å². The van der Waals surface area contributed by atoms with Gasteiger partial charge < -0.3 is 18.8 Å². The zero-order valence-electron chi connectivity index (χ0n) is 17.7. The molecule has 2 aromatic heterocycles. The van der Waals surface area contributed by atoms with E-state index in [0.717, 1.165) is 27.1 Å². The number of amides is 1. The Labute approximate surface area is 193 Å². The summed E-state index contributed by atoms with van der Waals surface area (Å²) in [5.74, 6) is 0.108. The van der Waals surface area contributed by atoms with Crippen molar-refractivity contribution in [2.75, 3.05) is 12.9 Å². The molecule has 9 heteroatoms. The van der Waals surface area contributed by atoms with Crippen molar-refractivity contribution in [3.05, 3.63) is 83.9 Å². The topological polar surface area (TPSA) is 106 Å². The predicted octanol–water partition coefficient (Wildman–Crippen LogP) is 4.23. The molecule has 2 heterocycles. The second kappa shape index (κ2) is 10.1. The molecule has 0 aliphatic carbocycles. The average molecular weight is 464 g/mol. The summed E-state index contributed by atoms with van der Waals surface area (Å²) in [4.78, 5) is 24.2. The van der Waals surface area contributed by atoms with E-state index in [-0.39, 0.29) is 17.4 Å². The minimum atomic E-state index is -1.10. The highest BCUT2D eigenvalue weighted by Crippen LogP contribution is 2.23. The van der Waals surface area contributed by atoms with Crippen LogP contribution < -0.4 is 10.2 Å². The lowest BCUT2D eigenvalue weighted by molar-refractivity contribution is -0.118. The SMILES string of the molecule is COc1ccc(SCC(=O)N/N=C/c2cn(Cc3ccc(C(=O)O)o3)c3ccccc23)cc1. The Hall–Kier alpha value is -3.98. The number of para-hydroxylation sites is 1. The Morgan fingerprint density at radius 3 is 2.67 bits per heavy atom. The lowest BCUT2D eigenvalue weighted by atomic mass is 10.2. The molecule has 4 aromatic rings. The fourth-order valence-corrected chi connectivity index (χ4v) is 3.97. The third-order valence-corrected chi connectivity index (χ3v) is 5.85. The van der Waals surface area contributed by atoms with E-state index in [1.807, 2.05) is 59.3 Å². The zero-order chi connectivity index (χ0) is 23.2. The number of hydrogen-bond donors (Lipinski definition) is 2. The van der Waals surface area contributed by atoms with Crippen LogP contribution >= 0.6 is 11.8 Å². The Kier molecular flexibility index (Phi) is 6.80. The van der Waals surface area contributed by atoms with E-state index in [2.05, 4.69) is 10.5 Å². The Balaban J connectivity index is 1.41. The van der Waals surface area contributed by atoms with Gasteiger partial charge in [-0.2, -0.15) is 5.10 Å². The van der Waals surface area contributed by atoms with Gasteiger partial charge in [-0.1, -0.05) is 18.2 Å². The monoisotopic (exact) mass is 463 g/mol. The number of nitrogens with one attached hydrogen (secondary N) is 1. The molecule has 168 valence electrons. The van der Waals surface area contributed by atoms with Crippen LogP contribution in [0.25, 0.3) is 10.9 Å². The molecule has 0 saturated heterocycles. The second-order valence-corrected chi connectivity index (χ2v) is 8.11. The van der Waals surface area contributed by atoms with Gasteiger partial charge in [0, 0.05) is 27.6 Å². The van der Waals surface area contributed by atoms with Crippen molar-refractivity contribution >= 4 is 40.8 Å². The van der Waals surface area contributed by atoms with E-state index in [1.54, 1.807) is 19.4 Å². The van der Waals surface area contributed by atoms with Crippen molar-refractivity contribution in [3.63, 3.8) is 0 Å². The summed E-state index contributed by atoms with van der Waals surface area (Å²) in [5, 5.41) is 14.1. The summed E-state index contributed by atoms with van der Waals surface area (Å²) < 4.78 is 12.5. The maximum atomic E-state index is 12.2. The van der Waals surface area contributed by atoms with Crippen molar-refractivity contribution in [2.24, 2.45) is 5.10 Å². The smallest absolute Gasteiger partial charge is 0.371 e. The summed E-state index contributed by atoms with van der Waals surface area (Å²) in [5.41, 5.74) is 4.31. The number of fused-ring (bicyclic) bond motifs is 1. The fraction of sp³-hybridized carbons (Fsp3) is 0.125. The number of carboxylic acids is 1. The molecule has 0 bridgehead atoms. The molecule has 0 saturated carbocycles. The minimum Gasteiger partial charge on any atom is -0.497 e. The maximum absolute atomic E-state index is 12.2. The Morgan fingerprint density at radius 1 is 1.15 bits per heavy atom. The van der Waals surface area contributed by atoms with Gasteiger partial charge in [0.2, 0.25) is 11.7 Å². The Morgan fingerprint density at radius 2 is 1.94 bits per heavy atom. The van der Waals surface area contributed by atoms with Crippen molar-refractivity contribution in [1.82, 2.24) is 9.99 Å². The molecule has 33 heavy (non-hydrogen) atoms. The number of furan rings is 1. The van der Waals surface area contributed by atoms with Gasteiger partial charge in [-0.3, -0.25) is 4.79 Å². The minimum absolute atomic E-state index is 0.0986. The van der Waals surface area contributed by atoms with Crippen LogP contribution in [0.4, 0.5) is 0 Å². The number of carbonyl (C=O) groups excluding carboxylic acids is 1. The van der Waals surface area contributed by atoms with Crippen molar-refractivity contribution in [3.8, 4) is 5.75 Å². The van der Waals surface area contributed by atoms with Gasteiger partial charge >= 0.3 is 5.97 Å². The van der Waals surface area contributed by atoms with Gasteiger partial charge in [0.15, 0.2) is 0 Å². The molecule has 0 fully saturated rings. The normalized spacial score (nSPS) is 11.2. The largest absolute Gasteiger partial charge is 0.497 e. The lowest BCUT2D eigenvalue weighted by Gasteiger charge is -2.02. The first-order chi connectivity index (χ1) is 16.0. The molecule has 8 nitrogen and oxygen atoms in total. The number of carboxylic acid groups (broad SMARTS) is 1. The van der Waals surface area contributed by atoms with Crippen LogP contribution in [0.15, 0.2) is 81.3 Å². The van der Waals surface area contributed by atoms with E-state index in [1.165, 1.54) is 17.8 Å². The summed E-state index contributed by atoms with van der Waals surface area (Å²) in [6.45, 7) is 0.368. The first-order valence-electron chi connectivity index (χ1n) is 10.0. The third-order valence-electron chi connectivity index (χ3n) is 4.84. The number of methoxy groups -OCH3 is 1. The summed E-state index contributed by atoms with van der Waals surface area (Å²) >= 11 is 1.41. The molecule has 0 aliphatic heterocycles. The van der Waals surface area contributed by atoms with Crippen LogP contribution in [0.2, 0.25) is 0 Å². The number of hydrogen-bond acceptors (Lipinski definition) is 6. The van der Waals surface area contributed by atoms with Gasteiger partial charge in [-0.15, -0.1) is 11.8 Å². The molecule has 0 radical (unpaired) electrons. The lowest BCUT2D eigenvalue weighted by Crippen LogP contribution is -2.19. The number of ether oxygens (including phenoxy) is 1. The first-order valence-corrected chi connectivity index (χ1v) is 11.0. The Bertz CT molecular complexity index is 1310. The second-order valence-electron chi connectivity index (χ2n) is 7.06.